The third-order valence-corrected chi connectivity index (χ3v) is 7.03. The third kappa shape index (κ3) is 3.66. The van der Waals surface area contributed by atoms with Crippen LogP contribution >= 0.6 is 0 Å². The molecule has 6 nitrogen and oxygen atoms in total. The molecule has 4 aromatic rings. The molecule has 168 valence electrons. The average Bonchev–Trinajstić information content (AvgIpc) is 2.86. The van der Waals surface area contributed by atoms with Gasteiger partial charge in [-0.25, -0.2) is 0 Å². The van der Waals surface area contributed by atoms with Gasteiger partial charge in [0.2, 0.25) is 0 Å². The number of allylic oxidation sites excluding steroid dienone is 2. The van der Waals surface area contributed by atoms with Crippen molar-refractivity contribution in [2.24, 2.45) is 4.40 Å². The number of methoxy groups -OCH3 is 1. The number of fused-ring (bicyclic) bond motifs is 2. The van der Waals surface area contributed by atoms with Gasteiger partial charge in [-0.05, 0) is 47.2 Å². The first-order valence-electron chi connectivity index (χ1n) is 10.4. The van der Waals surface area contributed by atoms with E-state index in [1.165, 1.54) is 31.4 Å². The standard InChI is InChI=1S/C27H19NO5S/c1-33-18-11-13-19(14-12-18)34(31,32)28-24-16-23(27(30)22-9-5-4-8-21(22)24)26-20-7-3-2-6-17(20)10-15-25(26)29/h2-16,29H,1H3/b28-24+. The first-order chi connectivity index (χ1) is 16.4. The van der Waals surface area contributed by atoms with Gasteiger partial charge >= 0.3 is 0 Å². The molecule has 0 spiro atoms. The molecule has 7 heteroatoms. The minimum absolute atomic E-state index is 0.00172. The molecule has 0 aromatic heterocycles. The van der Waals surface area contributed by atoms with Crippen molar-refractivity contribution in [3.63, 3.8) is 0 Å². The number of carbonyl (C=O) groups is 1. The highest BCUT2D eigenvalue weighted by atomic mass is 32.2. The van der Waals surface area contributed by atoms with Crippen molar-refractivity contribution < 1.29 is 23.1 Å². The number of benzene rings is 4. The van der Waals surface area contributed by atoms with Crippen LogP contribution in [0.15, 0.2) is 100 Å². The smallest absolute Gasteiger partial charge is 0.282 e. The highest BCUT2D eigenvalue weighted by Crippen LogP contribution is 2.37. The first kappa shape index (κ1) is 21.6. The number of hydrogen-bond donors (Lipinski definition) is 1. The van der Waals surface area contributed by atoms with Gasteiger partial charge in [0, 0.05) is 22.3 Å². The van der Waals surface area contributed by atoms with E-state index in [4.69, 9.17) is 4.74 Å². The van der Waals surface area contributed by atoms with Crippen LogP contribution < -0.4 is 4.74 Å². The van der Waals surface area contributed by atoms with Gasteiger partial charge in [-0.1, -0.05) is 54.6 Å². The van der Waals surface area contributed by atoms with Crippen LogP contribution in [0, 0.1) is 0 Å². The molecule has 0 saturated heterocycles. The van der Waals surface area contributed by atoms with Crippen molar-refractivity contribution >= 4 is 37.9 Å². The molecule has 0 atom stereocenters. The van der Waals surface area contributed by atoms with Gasteiger partial charge in [-0.2, -0.15) is 12.8 Å². The lowest BCUT2D eigenvalue weighted by molar-refractivity contribution is 0.105. The monoisotopic (exact) mass is 469 g/mol. The predicted octanol–water partition coefficient (Wildman–Crippen LogP) is 5.01. The summed E-state index contributed by atoms with van der Waals surface area (Å²) in [7, 11) is -2.59. The Bertz CT molecular complexity index is 1620. The van der Waals surface area contributed by atoms with E-state index in [0.717, 1.165) is 5.39 Å². The van der Waals surface area contributed by atoms with Crippen LogP contribution in [0.2, 0.25) is 0 Å². The summed E-state index contributed by atoms with van der Waals surface area (Å²) >= 11 is 0. The second-order valence-corrected chi connectivity index (χ2v) is 9.34. The lowest BCUT2D eigenvalue weighted by Crippen LogP contribution is -2.18. The minimum Gasteiger partial charge on any atom is -0.507 e. The molecule has 0 unspecified atom stereocenters. The average molecular weight is 470 g/mol. The normalized spacial score (nSPS) is 14.7. The molecule has 34 heavy (non-hydrogen) atoms. The number of phenols is 1. The van der Waals surface area contributed by atoms with Crippen molar-refractivity contribution in [3.8, 4) is 11.5 Å². The van der Waals surface area contributed by atoms with E-state index in [1.807, 2.05) is 24.3 Å². The fourth-order valence-corrected chi connectivity index (χ4v) is 5.06. The quantitative estimate of drug-likeness (QED) is 0.453. The van der Waals surface area contributed by atoms with E-state index in [2.05, 4.69) is 4.40 Å². The summed E-state index contributed by atoms with van der Waals surface area (Å²) in [6.07, 6.45) is 1.44. The number of rotatable bonds is 4. The summed E-state index contributed by atoms with van der Waals surface area (Å²) in [4.78, 5) is 13.5. The van der Waals surface area contributed by atoms with Crippen molar-refractivity contribution in [2.45, 2.75) is 4.90 Å². The van der Waals surface area contributed by atoms with Gasteiger partial charge in [0.15, 0.2) is 5.78 Å². The molecule has 0 bridgehead atoms. The fraction of sp³-hybridized carbons (Fsp3) is 0.0370. The molecule has 0 fully saturated rings. The molecule has 1 aliphatic rings. The largest absolute Gasteiger partial charge is 0.507 e. The summed E-state index contributed by atoms with van der Waals surface area (Å²) in [6.45, 7) is 0. The number of Topliss-reactive ketones (excluding diaryl/α,β-unsaturated/α-hetero) is 1. The molecule has 1 aliphatic carbocycles. The van der Waals surface area contributed by atoms with E-state index in [0.29, 0.717) is 27.8 Å². The zero-order chi connectivity index (χ0) is 23.9. The Morgan fingerprint density at radius 2 is 1.50 bits per heavy atom. The highest BCUT2D eigenvalue weighted by molar-refractivity contribution is 7.90. The summed E-state index contributed by atoms with van der Waals surface area (Å²) in [5.74, 6) is 0.131. The molecule has 5 rings (SSSR count). The van der Waals surface area contributed by atoms with Gasteiger partial charge in [0.25, 0.3) is 10.0 Å². The lowest BCUT2D eigenvalue weighted by atomic mass is 9.84. The van der Waals surface area contributed by atoms with Crippen LogP contribution in [-0.2, 0) is 10.0 Å². The summed E-state index contributed by atoms with van der Waals surface area (Å²) in [5.41, 5.74) is 1.36. The first-order valence-corrected chi connectivity index (χ1v) is 11.9. The molecular weight excluding hydrogens is 450 g/mol. The van der Waals surface area contributed by atoms with Crippen molar-refractivity contribution in [1.29, 1.82) is 0 Å². The SMILES string of the molecule is COc1ccc(S(=O)(=O)/N=C2\C=C(c3c(O)ccc4ccccc34)C(=O)c3ccccc32)cc1. The summed E-state index contributed by atoms with van der Waals surface area (Å²) in [5, 5.41) is 12.2. The van der Waals surface area contributed by atoms with Crippen LogP contribution in [0.25, 0.3) is 16.3 Å². The van der Waals surface area contributed by atoms with Crippen molar-refractivity contribution in [2.75, 3.05) is 7.11 Å². The molecule has 0 aliphatic heterocycles. The number of hydrogen-bond acceptors (Lipinski definition) is 5. The van der Waals surface area contributed by atoms with Crippen LogP contribution in [0.3, 0.4) is 0 Å². The Kier molecular flexibility index (Phi) is 5.26. The number of phenolic OH excluding ortho intramolecular Hbond substituents is 1. The van der Waals surface area contributed by atoms with E-state index in [9.17, 15) is 18.3 Å². The highest BCUT2D eigenvalue weighted by Gasteiger charge is 2.29. The molecular formula is C27H19NO5S. The zero-order valence-electron chi connectivity index (χ0n) is 18.1. The van der Waals surface area contributed by atoms with Crippen LogP contribution in [0.5, 0.6) is 11.5 Å². The minimum atomic E-state index is -4.09. The Balaban J connectivity index is 1.74. The summed E-state index contributed by atoms with van der Waals surface area (Å²) in [6, 6.07) is 23.3. The molecule has 1 N–H and O–H groups in total. The van der Waals surface area contributed by atoms with Crippen LogP contribution in [0.4, 0.5) is 0 Å². The second kappa shape index (κ2) is 8.28. The van der Waals surface area contributed by atoms with Gasteiger partial charge < -0.3 is 9.84 Å². The van der Waals surface area contributed by atoms with Crippen molar-refractivity contribution in [1.82, 2.24) is 0 Å². The Labute approximate surface area is 196 Å². The number of sulfonamides is 1. The van der Waals surface area contributed by atoms with Crippen LogP contribution in [-0.4, -0.2) is 32.1 Å². The Morgan fingerprint density at radius 1 is 0.824 bits per heavy atom. The maximum Gasteiger partial charge on any atom is 0.282 e. The molecule has 0 radical (unpaired) electrons. The second-order valence-electron chi connectivity index (χ2n) is 7.74. The van der Waals surface area contributed by atoms with Crippen molar-refractivity contribution in [3.05, 3.63) is 108 Å². The Morgan fingerprint density at radius 3 is 2.24 bits per heavy atom. The molecule has 0 heterocycles. The van der Waals surface area contributed by atoms with Gasteiger partial charge in [0.05, 0.1) is 17.7 Å². The number of carbonyl (C=O) groups excluding carboxylic acids is 1. The predicted molar refractivity (Wildman–Crippen MR) is 131 cm³/mol. The summed E-state index contributed by atoms with van der Waals surface area (Å²) < 4.78 is 35.4. The maximum absolute atomic E-state index is 13.5. The molecule has 4 aromatic carbocycles. The third-order valence-electron chi connectivity index (χ3n) is 5.73. The number of nitrogens with zero attached hydrogens (tertiary/aromatic N) is 1. The molecule has 0 amide bonds. The van der Waals surface area contributed by atoms with E-state index in [-0.39, 0.29) is 27.7 Å². The number of aromatic hydroxyl groups is 1. The molecule has 0 saturated carbocycles. The zero-order valence-corrected chi connectivity index (χ0v) is 18.9. The van der Waals surface area contributed by atoms with Gasteiger partial charge in [-0.15, -0.1) is 0 Å². The van der Waals surface area contributed by atoms with Gasteiger partial charge in [0.1, 0.15) is 11.5 Å². The van der Waals surface area contributed by atoms with E-state index >= 15 is 0 Å². The van der Waals surface area contributed by atoms with Crippen LogP contribution in [0.1, 0.15) is 21.5 Å². The lowest BCUT2D eigenvalue weighted by Gasteiger charge is -2.19. The van der Waals surface area contributed by atoms with Gasteiger partial charge in [-0.3, -0.25) is 4.79 Å². The fourth-order valence-electron chi connectivity index (χ4n) is 4.06. The number of ketones is 1. The topological polar surface area (TPSA) is 93.0 Å². The Hall–Kier alpha value is -4.23. The van der Waals surface area contributed by atoms with E-state index < -0.39 is 10.0 Å². The number of ether oxygens (including phenoxy) is 1. The maximum atomic E-state index is 13.5. The van der Waals surface area contributed by atoms with E-state index in [1.54, 1.807) is 42.5 Å².